The van der Waals surface area contributed by atoms with Gasteiger partial charge >= 0.3 is 5.97 Å². The van der Waals surface area contributed by atoms with E-state index in [0.29, 0.717) is 30.6 Å². The van der Waals surface area contributed by atoms with Gasteiger partial charge in [0.1, 0.15) is 5.76 Å². The molecule has 0 spiro atoms. The topological polar surface area (TPSA) is 66.8 Å². The van der Waals surface area contributed by atoms with E-state index in [1.165, 1.54) is 5.57 Å². The maximum atomic E-state index is 10.9. The van der Waals surface area contributed by atoms with Crippen LogP contribution in [0.3, 0.4) is 0 Å². The minimum absolute atomic E-state index is 0.334. The van der Waals surface area contributed by atoms with Crippen LogP contribution in [0.4, 0.5) is 0 Å². The van der Waals surface area contributed by atoms with Crippen LogP contribution in [0, 0.1) is 23.7 Å². The molecule has 0 aromatic rings. The molecule has 178 valence electrons. The van der Waals surface area contributed by atoms with E-state index in [4.69, 9.17) is 9.84 Å². The Kier molecular flexibility index (Phi) is 12.2. The van der Waals surface area contributed by atoms with Gasteiger partial charge in [0.2, 0.25) is 0 Å². The molecule has 1 rings (SSSR count). The molecule has 31 heavy (non-hydrogen) atoms. The highest BCUT2D eigenvalue weighted by Crippen LogP contribution is 2.32. The summed E-state index contributed by atoms with van der Waals surface area (Å²) in [6.45, 7) is 12.5. The third-order valence-corrected chi connectivity index (χ3v) is 6.80. The van der Waals surface area contributed by atoms with E-state index >= 15 is 0 Å². The lowest BCUT2D eigenvalue weighted by molar-refractivity contribution is -0.141. The molecule has 2 N–H and O–H groups in total. The predicted molar refractivity (Wildman–Crippen MR) is 129 cm³/mol. The number of carbonyl (C=O) groups is 1. The zero-order chi connectivity index (χ0) is 23.4. The average Bonchev–Trinajstić information content (AvgIpc) is 2.70. The molecule has 0 aromatic heterocycles. The Morgan fingerprint density at radius 2 is 1.84 bits per heavy atom. The molecule has 0 saturated carbocycles. The molecule has 0 saturated heterocycles. The molecule has 0 aliphatic heterocycles. The number of carboxylic acids is 1. The van der Waals surface area contributed by atoms with Gasteiger partial charge < -0.3 is 14.9 Å². The van der Waals surface area contributed by atoms with Crippen LogP contribution in [0.2, 0.25) is 0 Å². The lowest BCUT2D eigenvalue weighted by atomic mass is 9.86. The molecule has 0 fully saturated rings. The first-order valence-electron chi connectivity index (χ1n) is 12.3. The molecular weight excluding hydrogens is 388 g/mol. The maximum Gasteiger partial charge on any atom is 0.306 e. The molecule has 1 aliphatic rings. The zero-order valence-electron chi connectivity index (χ0n) is 20.7. The van der Waals surface area contributed by atoms with Crippen molar-refractivity contribution in [3.63, 3.8) is 0 Å². The van der Waals surface area contributed by atoms with E-state index in [-0.39, 0.29) is 5.92 Å². The Hall–Kier alpha value is -1.55. The third kappa shape index (κ3) is 10.5. The molecule has 5 unspecified atom stereocenters. The summed E-state index contributed by atoms with van der Waals surface area (Å²) < 4.78 is 6.02. The van der Waals surface area contributed by atoms with Gasteiger partial charge in [-0.1, -0.05) is 59.6 Å². The van der Waals surface area contributed by atoms with Gasteiger partial charge in [-0.25, -0.2) is 0 Å². The number of aliphatic carboxylic acids is 1. The molecule has 0 bridgehead atoms. The lowest BCUT2D eigenvalue weighted by Gasteiger charge is -2.25. The van der Waals surface area contributed by atoms with Crippen LogP contribution in [0.1, 0.15) is 99.3 Å². The van der Waals surface area contributed by atoms with Crippen molar-refractivity contribution >= 4 is 5.97 Å². The lowest BCUT2D eigenvalue weighted by Crippen LogP contribution is -2.24. The van der Waals surface area contributed by atoms with Crippen molar-refractivity contribution in [2.24, 2.45) is 23.7 Å². The van der Waals surface area contributed by atoms with Crippen molar-refractivity contribution in [3.05, 3.63) is 35.8 Å². The second kappa shape index (κ2) is 13.8. The highest BCUT2D eigenvalue weighted by atomic mass is 16.5. The Labute approximate surface area is 190 Å². The summed E-state index contributed by atoms with van der Waals surface area (Å²) in [5, 5.41) is 19.5. The molecule has 0 aromatic carbocycles. The van der Waals surface area contributed by atoms with Crippen molar-refractivity contribution in [1.29, 1.82) is 0 Å². The Balaban J connectivity index is 2.25. The van der Waals surface area contributed by atoms with Crippen LogP contribution in [-0.4, -0.2) is 21.8 Å². The molecule has 4 nitrogen and oxygen atoms in total. The number of ether oxygens (including phenoxy) is 1. The summed E-state index contributed by atoms with van der Waals surface area (Å²) in [5.74, 6) is 1.56. The summed E-state index contributed by atoms with van der Waals surface area (Å²) in [5.41, 5.74) is 0.603. The van der Waals surface area contributed by atoms with Crippen molar-refractivity contribution < 1.29 is 19.7 Å². The van der Waals surface area contributed by atoms with Crippen molar-refractivity contribution in [3.8, 4) is 0 Å². The van der Waals surface area contributed by atoms with Gasteiger partial charge in [-0.2, -0.15) is 0 Å². The fourth-order valence-corrected chi connectivity index (χ4v) is 4.11. The van der Waals surface area contributed by atoms with E-state index in [1.54, 1.807) is 6.92 Å². The molecule has 0 heterocycles. The van der Waals surface area contributed by atoms with Gasteiger partial charge in [0.15, 0.2) is 0 Å². The summed E-state index contributed by atoms with van der Waals surface area (Å²) in [6, 6.07) is 0. The number of aliphatic hydroxyl groups is 1. The maximum absolute atomic E-state index is 10.9. The molecule has 4 heteroatoms. The minimum atomic E-state index is -0.755. The van der Waals surface area contributed by atoms with E-state index < -0.39 is 11.6 Å². The quantitative estimate of drug-likeness (QED) is 0.266. The van der Waals surface area contributed by atoms with Gasteiger partial charge in [-0.3, -0.25) is 4.79 Å². The van der Waals surface area contributed by atoms with E-state index in [1.807, 2.05) is 13.2 Å². The SMILES string of the molecule is CCC1=C(OC=CCCC(C)CCCC(C)(O)CCCC(C)C(=O)O)C(C)C(C)C=C1. The minimum Gasteiger partial charge on any atom is -0.481 e. The van der Waals surface area contributed by atoms with Gasteiger partial charge in [-0.15, -0.1) is 0 Å². The van der Waals surface area contributed by atoms with Gasteiger partial charge in [0, 0.05) is 5.92 Å². The summed E-state index contributed by atoms with van der Waals surface area (Å²) in [6.07, 6.45) is 16.5. The van der Waals surface area contributed by atoms with Crippen LogP contribution >= 0.6 is 0 Å². The first-order valence-corrected chi connectivity index (χ1v) is 12.3. The van der Waals surface area contributed by atoms with E-state index in [0.717, 1.165) is 50.7 Å². The number of allylic oxidation sites excluding steroid dienone is 5. The number of hydrogen-bond donors (Lipinski definition) is 2. The Morgan fingerprint density at radius 1 is 1.19 bits per heavy atom. The predicted octanol–water partition coefficient (Wildman–Crippen LogP) is 7.25. The van der Waals surface area contributed by atoms with Crippen molar-refractivity contribution in [2.75, 3.05) is 0 Å². The molecule has 0 radical (unpaired) electrons. The third-order valence-electron chi connectivity index (χ3n) is 6.80. The second-order valence-electron chi connectivity index (χ2n) is 9.94. The first kappa shape index (κ1) is 27.5. The molecular formula is C27H46O4. The van der Waals surface area contributed by atoms with Gasteiger partial charge in [0.25, 0.3) is 0 Å². The van der Waals surface area contributed by atoms with Crippen molar-refractivity contribution in [1.82, 2.24) is 0 Å². The monoisotopic (exact) mass is 434 g/mol. The largest absolute Gasteiger partial charge is 0.481 e. The highest BCUT2D eigenvalue weighted by Gasteiger charge is 2.22. The van der Waals surface area contributed by atoms with Crippen LogP contribution in [0.25, 0.3) is 0 Å². The molecule has 0 amide bonds. The fraction of sp³-hybridized carbons (Fsp3) is 0.741. The number of carboxylic acid groups (broad SMARTS) is 1. The van der Waals surface area contributed by atoms with Crippen LogP contribution in [-0.2, 0) is 9.53 Å². The van der Waals surface area contributed by atoms with Crippen molar-refractivity contribution in [2.45, 2.75) is 105 Å². The van der Waals surface area contributed by atoms with Gasteiger partial charge in [-0.05, 0) is 75.4 Å². The standard InChI is InChI=1S/C27H46O4/c1-7-24-16-15-21(3)23(5)25(24)31-19-9-8-12-20(2)13-10-17-27(6,30)18-11-14-22(4)26(28)29/h9,15-16,19-23,30H,7-8,10-14,17-18H2,1-6H3,(H,28,29). The number of hydrogen-bond acceptors (Lipinski definition) is 3. The Morgan fingerprint density at radius 3 is 2.45 bits per heavy atom. The second-order valence-corrected chi connectivity index (χ2v) is 9.94. The first-order chi connectivity index (χ1) is 14.6. The fourth-order valence-electron chi connectivity index (χ4n) is 4.11. The summed E-state index contributed by atoms with van der Waals surface area (Å²) in [7, 11) is 0. The normalized spacial score (nSPS) is 23.1. The average molecular weight is 435 g/mol. The summed E-state index contributed by atoms with van der Waals surface area (Å²) in [4.78, 5) is 10.9. The van der Waals surface area contributed by atoms with E-state index in [2.05, 4.69) is 45.9 Å². The zero-order valence-corrected chi connectivity index (χ0v) is 20.7. The number of rotatable bonds is 15. The van der Waals surface area contributed by atoms with Gasteiger partial charge in [0.05, 0.1) is 17.8 Å². The smallest absolute Gasteiger partial charge is 0.306 e. The van der Waals surface area contributed by atoms with Crippen LogP contribution in [0.5, 0.6) is 0 Å². The Bertz CT molecular complexity index is 629. The highest BCUT2D eigenvalue weighted by molar-refractivity contribution is 5.69. The van der Waals surface area contributed by atoms with Crippen LogP contribution in [0.15, 0.2) is 35.8 Å². The summed E-state index contributed by atoms with van der Waals surface area (Å²) >= 11 is 0. The van der Waals surface area contributed by atoms with E-state index in [9.17, 15) is 9.90 Å². The molecule has 5 atom stereocenters. The molecule has 1 aliphatic carbocycles. The van der Waals surface area contributed by atoms with Crippen LogP contribution < -0.4 is 0 Å².